The van der Waals surface area contributed by atoms with Gasteiger partial charge in [-0.05, 0) is 36.4 Å². The lowest BCUT2D eigenvalue weighted by Crippen LogP contribution is -2.48. The third kappa shape index (κ3) is 4.18. The standard InChI is InChI=1S/C22H25N3O4S/c1-29-19-5-3-2-4-18(19)25-13-16(12-20(25)26)22(28)24-9-6-17(7-10-24)23-21(27)15-8-11-30-14-15/h2-5,8,11,14,16-17H,6-7,9-10,12-13H2,1H3,(H,23,27). The lowest BCUT2D eigenvalue weighted by molar-refractivity contribution is -0.136. The average Bonchev–Trinajstić information content (AvgIpc) is 3.44. The number of para-hydroxylation sites is 2. The Balaban J connectivity index is 1.32. The number of anilines is 1. The molecule has 8 heteroatoms. The molecule has 30 heavy (non-hydrogen) atoms. The highest BCUT2D eigenvalue weighted by atomic mass is 32.1. The van der Waals surface area contributed by atoms with Crippen LogP contribution < -0.4 is 15.0 Å². The Morgan fingerprint density at radius 1 is 1.17 bits per heavy atom. The maximum atomic E-state index is 13.0. The van der Waals surface area contributed by atoms with E-state index >= 15 is 0 Å². The average molecular weight is 428 g/mol. The molecule has 2 aromatic rings. The number of carbonyl (C=O) groups is 3. The van der Waals surface area contributed by atoms with E-state index < -0.39 is 0 Å². The van der Waals surface area contributed by atoms with Gasteiger partial charge in [0.1, 0.15) is 5.75 Å². The molecule has 0 bridgehead atoms. The normalized spacial score (nSPS) is 19.8. The number of piperidine rings is 1. The summed E-state index contributed by atoms with van der Waals surface area (Å²) in [6, 6.07) is 9.24. The van der Waals surface area contributed by atoms with Crippen molar-refractivity contribution in [3.8, 4) is 5.75 Å². The second kappa shape index (κ2) is 8.87. The summed E-state index contributed by atoms with van der Waals surface area (Å²) in [6.45, 7) is 1.55. The van der Waals surface area contributed by atoms with E-state index in [1.807, 2.05) is 46.0 Å². The van der Waals surface area contributed by atoms with E-state index in [2.05, 4.69) is 5.32 Å². The minimum atomic E-state index is -0.348. The van der Waals surface area contributed by atoms with Crippen LogP contribution in [0, 0.1) is 5.92 Å². The van der Waals surface area contributed by atoms with E-state index in [1.165, 1.54) is 11.3 Å². The van der Waals surface area contributed by atoms with Crippen molar-refractivity contribution in [1.82, 2.24) is 10.2 Å². The zero-order chi connectivity index (χ0) is 21.1. The van der Waals surface area contributed by atoms with Gasteiger partial charge in [-0.15, -0.1) is 0 Å². The number of carbonyl (C=O) groups excluding carboxylic acids is 3. The number of rotatable bonds is 5. The molecule has 3 heterocycles. The number of thiophene rings is 1. The first-order valence-corrected chi connectivity index (χ1v) is 11.1. The monoisotopic (exact) mass is 427 g/mol. The third-order valence-electron chi connectivity index (χ3n) is 5.78. The van der Waals surface area contributed by atoms with Gasteiger partial charge in [0.25, 0.3) is 5.91 Å². The molecule has 1 unspecified atom stereocenters. The van der Waals surface area contributed by atoms with Crippen LogP contribution in [-0.2, 0) is 9.59 Å². The predicted octanol–water partition coefficient (Wildman–Crippen LogP) is 2.53. The molecule has 2 fully saturated rings. The Kier molecular flexibility index (Phi) is 6.03. The Hall–Kier alpha value is -2.87. The van der Waals surface area contributed by atoms with Crippen LogP contribution in [0.1, 0.15) is 29.6 Å². The van der Waals surface area contributed by atoms with Gasteiger partial charge in [0, 0.05) is 43.0 Å². The smallest absolute Gasteiger partial charge is 0.252 e. The van der Waals surface area contributed by atoms with Crippen LogP contribution in [0.3, 0.4) is 0 Å². The van der Waals surface area contributed by atoms with Crippen molar-refractivity contribution >= 4 is 34.7 Å². The first kappa shape index (κ1) is 20.4. The molecule has 2 aliphatic heterocycles. The van der Waals surface area contributed by atoms with Crippen molar-refractivity contribution in [1.29, 1.82) is 0 Å². The second-order valence-electron chi connectivity index (χ2n) is 7.66. The van der Waals surface area contributed by atoms with Crippen molar-refractivity contribution in [2.45, 2.75) is 25.3 Å². The topological polar surface area (TPSA) is 79.0 Å². The number of hydrogen-bond acceptors (Lipinski definition) is 5. The van der Waals surface area contributed by atoms with Gasteiger partial charge in [-0.25, -0.2) is 0 Å². The molecule has 0 radical (unpaired) electrons. The van der Waals surface area contributed by atoms with Crippen molar-refractivity contribution in [2.24, 2.45) is 5.92 Å². The summed E-state index contributed by atoms with van der Waals surface area (Å²) in [5, 5.41) is 6.77. The number of ether oxygens (including phenoxy) is 1. The molecular weight excluding hydrogens is 402 g/mol. The van der Waals surface area contributed by atoms with E-state index in [9.17, 15) is 14.4 Å². The molecular formula is C22H25N3O4S. The van der Waals surface area contributed by atoms with E-state index in [-0.39, 0.29) is 36.1 Å². The van der Waals surface area contributed by atoms with Crippen molar-refractivity contribution in [2.75, 3.05) is 31.6 Å². The zero-order valence-electron chi connectivity index (χ0n) is 16.9. The number of methoxy groups -OCH3 is 1. The molecule has 1 atom stereocenters. The van der Waals surface area contributed by atoms with Crippen molar-refractivity contribution in [3.63, 3.8) is 0 Å². The van der Waals surface area contributed by atoms with Gasteiger partial charge in [-0.1, -0.05) is 12.1 Å². The van der Waals surface area contributed by atoms with Gasteiger partial charge in [-0.2, -0.15) is 11.3 Å². The van der Waals surface area contributed by atoms with Crippen molar-refractivity contribution in [3.05, 3.63) is 46.7 Å². The molecule has 1 aromatic carbocycles. The van der Waals surface area contributed by atoms with Gasteiger partial charge in [0.2, 0.25) is 11.8 Å². The Morgan fingerprint density at radius 2 is 1.93 bits per heavy atom. The number of hydrogen-bond donors (Lipinski definition) is 1. The molecule has 2 saturated heterocycles. The Labute approximate surface area is 179 Å². The molecule has 1 aromatic heterocycles. The molecule has 0 aliphatic carbocycles. The van der Waals surface area contributed by atoms with Gasteiger partial charge < -0.3 is 19.9 Å². The summed E-state index contributed by atoms with van der Waals surface area (Å²) in [4.78, 5) is 41.3. The lowest BCUT2D eigenvalue weighted by atomic mass is 10.0. The summed E-state index contributed by atoms with van der Waals surface area (Å²) in [5.41, 5.74) is 1.38. The molecule has 0 spiro atoms. The Morgan fingerprint density at radius 3 is 2.63 bits per heavy atom. The maximum absolute atomic E-state index is 13.0. The minimum absolute atomic E-state index is 0.0170. The van der Waals surface area contributed by atoms with Crippen LogP contribution in [0.5, 0.6) is 5.75 Å². The number of nitrogens with zero attached hydrogens (tertiary/aromatic N) is 2. The molecule has 2 aliphatic rings. The summed E-state index contributed by atoms with van der Waals surface area (Å²) in [6.07, 6.45) is 1.66. The fraction of sp³-hybridized carbons (Fsp3) is 0.409. The van der Waals surface area contributed by atoms with Gasteiger partial charge in [0.15, 0.2) is 0 Å². The SMILES string of the molecule is COc1ccccc1N1CC(C(=O)N2CCC(NC(=O)c3ccsc3)CC2)CC1=O. The van der Waals surface area contributed by atoms with Crippen LogP contribution >= 0.6 is 11.3 Å². The first-order valence-electron chi connectivity index (χ1n) is 10.1. The van der Waals surface area contributed by atoms with Gasteiger partial charge >= 0.3 is 0 Å². The summed E-state index contributed by atoms with van der Waals surface area (Å²) >= 11 is 1.50. The highest BCUT2D eigenvalue weighted by Gasteiger charge is 2.39. The molecule has 3 amide bonds. The van der Waals surface area contributed by atoms with Crippen LogP contribution in [0.2, 0.25) is 0 Å². The van der Waals surface area contributed by atoms with E-state index in [4.69, 9.17) is 4.74 Å². The molecule has 0 saturated carbocycles. The number of benzene rings is 1. The molecule has 7 nitrogen and oxygen atoms in total. The summed E-state index contributed by atoms with van der Waals surface area (Å²) in [7, 11) is 1.57. The van der Waals surface area contributed by atoms with Crippen LogP contribution in [0.4, 0.5) is 5.69 Å². The molecule has 4 rings (SSSR count). The Bertz CT molecular complexity index is 922. The van der Waals surface area contributed by atoms with Crippen LogP contribution in [0.25, 0.3) is 0 Å². The minimum Gasteiger partial charge on any atom is -0.495 e. The van der Waals surface area contributed by atoms with E-state index in [1.54, 1.807) is 12.0 Å². The number of amides is 3. The lowest BCUT2D eigenvalue weighted by Gasteiger charge is -2.33. The largest absolute Gasteiger partial charge is 0.495 e. The van der Waals surface area contributed by atoms with Gasteiger partial charge in [-0.3, -0.25) is 14.4 Å². The number of nitrogens with one attached hydrogen (secondary N) is 1. The van der Waals surface area contributed by atoms with Crippen LogP contribution in [0.15, 0.2) is 41.1 Å². The van der Waals surface area contributed by atoms with Crippen molar-refractivity contribution < 1.29 is 19.1 Å². The number of likely N-dealkylation sites (tertiary alicyclic amines) is 1. The molecule has 158 valence electrons. The molecule has 1 N–H and O–H groups in total. The highest BCUT2D eigenvalue weighted by Crippen LogP contribution is 2.33. The van der Waals surface area contributed by atoms with Crippen LogP contribution in [-0.4, -0.2) is 55.4 Å². The predicted molar refractivity (Wildman–Crippen MR) is 115 cm³/mol. The summed E-state index contributed by atoms with van der Waals surface area (Å²) < 4.78 is 5.37. The van der Waals surface area contributed by atoms with Gasteiger partial charge in [0.05, 0.1) is 18.7 Å². The second-order valence-corrected chi connectivity index (χ2v) is 8.44. The van der Waals surface area contributed by atoms with E-state index in [0.29, 0.717) is 36.6 Å². The third-order valence-corrected chi connectivity index (χ3v) is 6.46. The first-order chi connectivity index (χ1) is 14.6. The fourth-order valence-corrected chi connectivity index (χ4v) is 4.76. The highest BCUT2D eigenvalue weighted by molar-refractivity contribution is 7.08. The van der Waals surface area contributed by atoms with E-state index in [0.717, 1.165) is 12.8 Å². The maximum Gasteiger partial charge on any atom is 0.252 e. The fourth-order valence-electron chi connectivity index (χ4n) is 4.12. The quantitative estimate of drug-likeness (QED) is 0.795. The summed E-state index contributed by atoms with van der Waals surface area (Å²) in [5.74, 6) is 0.175. The zero-order valence-corrected chi connectivity index (χ0v) is 17.7.